The number of halogens is 5. The minimum Gasteiger partial charge on any atom is -0.481 e. The lowest BCUT2D eigenvalue weighted by molar-refractivity contribution is -0.137. The smallest absolute Gasteiger partial charge is 0.481 e. The van der Waals surface area contributed by atoms with Crippen molar-refractivity contribution in [2.45, 2.75) is 38.5 Å². The fourth-order valence-electron chi connectivity index (χ4n) is 2.84. The third-order valence-electron chi connectivity index (χ3n) is 4.13. The van der Waals surface area contributed by atoms with Crippen LogP contribution in [0.25, 0.3) is 0 Å². The van der Waals surface area contributed by atoms with Crippen LogP contribution in [0.3, 0.4) is 0 Å². The number of carbonyl (C=O) groups is 2. The molecule has 0 fully saturated rings. The molecule has 1 aliphatic rings. The van der Waals surface area contributed by atoms with Gasteiger partial charge in [0.25, 0.3) is 0 Å². The first-order valence-electron chi connectivity index (χ1n) is 9.01. The van der Waals surface area contributed by atoms with Crippen molar-refractivity contribution in [1.29, 1.82) is 0 Å². The first-order valence-corrected chi connectivity index (χ1v) is 17.0. The van der Waals surface area contributed by atoms with E-state index in [9.17, 15) is 9.59 Å². The van der Waals surface area contributed by atoms with Crippen LogP contribution in [0, 0.1) is 0 Å². The third kappa shape index (κ3) is 15.2. The van der Waals surface area contributed by atoms with E-state index in [-0.39, 0.29) is 12.3 Å². The number of aliphatic carboxylic acids is 1. The zero-order chi connectivity index (χ0) is 24.0. The summed E-state index contributed by atoms with van der Waals surface area (Å²) >= 11 is -1.72. The normalized spacial score (nSPS) is 14.6. The molecular weight excluding hydrogens is 541 g/mol. The molecule has 0 bridgehead atoms. The van der Waals surface area contributed by atoms with Crippen molar-refractivity contribution >= 4 is 83.9 Å². The summed E-state index contributed by atoms with van der Waals surface area (Å²) in [5, 5.41) is 8.55. The van der Waals surface area contributed by atoms with Crippen molar-refractivity contribution in [3.63, 3.8) is 0 Å². The molecule has 31 heavy (non-hydrogen) atoms. The summed E-state index contributed by atoms with van der Waals surface area (Å²) in [5.41, 5.74) is 3.23. The Morgan fingerprint density at radius 1 is 1.10 bits per heavy atom. The van der Waals surface area contributed by atoms with E-state index in [0.717, 1.165) is 11.1 Å². The van der Waals surface area contributed by atoms with Crippen molar-refractivity contribution < 1.29 is 18.9 Å². The zero-order valence-corrected chi connectivity index (χ0v) is 22.6. The monoisotopic (exact) mass is 560 g/mol. The molecule has 1 N–H and O–H groups in total. The molecule has 0 aromatic heterocycles. The molecule has 4 nitrogen and oxygen atoms in total. The van der Waals surface area contributed by atoms with Gasteiger partial charge in [0.15, 0.2) is 5.78 Å². The second kappa shape index (κ2) is 17.2. The van der Waals surface area contributed by atoms with Crippen LogP contribution >= 0.6 is 51.5 Å². The van der Waals surface area contributed by atoms with Gasteiger partial charge in [-0.2, -0.15) is 0 Å². The molecule has 2 unspecified atom stereocenters. The first-order chi connectivity index (χ1) is 14.5. The number of hydrogen-bond acceptors (Lipinski definition) is 3. The third-order valence-corrected chi connectivity index (χ3v) is 4.13. The van der Waals surface area contributed by atoms with Crippen LogP contribution in [0.1, 0.15) is 60.0 Å². The Balaban J connectivity index is 0.000000436. The summed E-state index contributed by atoms with van der Waals surface area (Å²) in [4.78, 5) is 21.7. The Labute approximate surface area is 211 Å². The van der Waals surface area contributed by atoms with Gasteiger partial charge in [-0.05, 0) is 23.0 Å². The van der Waals surface area contributed by atoms with E-state index in [0.29, 0.717) is 18.1 Å². The number of carbonyl (C=O) groups excluding carboxylic acids is 1. The highest BCUT2D eigenvalue weighted by atomic mass is 36.0. The van der Waals surface area contributed by atoms with Gasteiger partial charge in [-0.3, -0.25) is 9.59 Å². The zero-order valence-electron chi connectivity index (χ0n) is 16.8. The molecule has 0 saturated heterocycles. The lowest BCUT2D eigenvalue weighted by Gasteiger charge is -2.07. The Morgan fingerprint density at radius 3 is 2.00 bits per heavy atom. The van der Waals surface area contributed by atoms with E-state index >= 15 is 0 Å². The van der Waals surface area contributed by atoms with Gasteiger partial charge in [-0.25, -0.2) is 34.4 Å². The van der Waals surface area contributed by atoms with Crippen LogP contribution in [-0.2, 0) is 14.0 Å². The molecule has 0 amide bonds. The lowest BCUT2D eigenvalue weighted by Crippen LogP contribution is -2.02. The van der Waals surface area contributed by atoms with Crippen LogP contribution in [0.2, 0.25) is 0 Å². The highest BCUT2D eigenvalue weighted by Crippen LogP contribution is 2.31. The van der Waals surface area contributed by atoms with Crippen molar-refractivity contribution in [3.05, 3.63) is 71.3 Å². The fraction of sp³-hybridized carbons (Fsp3) is 0.300. The Bertz CT molecular complexity index is 833. The predicted octanol–water partition coefficient (Wildman–Crippen LogP) is 7.37. The number of fused-ring (bicyclic) bond motifs is 1. The van der Waals surface area contributed by atoms with Gasteiger partial charge in [0.05, 0.1) is 6.42 Å². The summed E-state index contributed by atoms with van der Waals surface area (Å²) in [6.45, 7) is 4.02. The number of benzene rings is 2. The molecule has 170 valence electrons. The van der Waals surface area contributed by atoms with Crippen LogP contribution in [0.15, 0.2) is 54.6 Å². The molecule has 0 spiro atoms. The van der Waals surface area contributed by atoms with E-state index in [1.54, 1.807) is 0 Å². The van der Waals surface area contributed by atoms with Crippen molar-refractivity contribution in [2.24, 2.45) is 0 Å². The average molecular weight is 563 g/mol. The van der Waals surface area contributed by atoms with Crippen molar-refractivity contribution in [1.82, 2.24) is 0 Å². The summed E-state index contributed by atoms with van der Waals surface area (Å²) in [6, 6.07) is 17.6. The number of hydrogen-bond donors (Lipinski definition) is 1. The molecule has 2 aromatic carbocycles. The molecule has 2 aromatic rings. The standard InChI is InChI=1S/C10H12O2.C10H10O.Al.Cl2OS.3ClH/c1-8(7-10(11)12)9-5-3-2-4-6-9;1-7-6-10(11)9-5-3-2-4-8(7)9;;1-4(2)3;;;/h2-6,8H,7H2,1H3,(H,11,12);2-5,7H,6H2,1H3;;;3*1H/q;;+3;;;;/p-3. The van der Waals surface area contributed by atoms with E-state index < -0.39 is 26.6 Å². The summed E-state index contributed by atoms with van der Waals surface area (Å²) in [5.74, 6) is 0.0850. The van der Waals surface area contributed by atoms with Crippen LogP contribution in [0.4, 0.5) is 0 Å². The van der Waals surface area contributed by atoms with Crippen molar-refractivity contribution in [3.8, 4) is 0 Å². The van der Waals surface area contributed by atoms with Crippen molar-refractivity contribution in [2.75, 3.05) is 0 Å². The van der Waals surface area contributed by atoms with Gasteiger partial charge in [-0.1, -0.05) is 68.4 Å². The predicted molar refractivity (Wildman–Crippen MR) is 134 cm³/mol. The van der Waals surface area contributed by atoms with Crippen LogP contribution in [-0.4, -0.2) is 32.5 Å². The van der Waals surface area contributed by atoms with Gasteiger partial charge in [0, 0.05) is 33.3 Å². The maximum atomic E-state index is 11.3. The van der Waals surface area contributed by atoms with E-state index in [1.807, 2.05) is 61.5 Å². The highest BCUT2D eigenvalue weighted by molar-refractivity contribution is 8.26. The Hall–Kier alpha value is -0.288. The van der Waals surface area contributed by atoms with Gasteiger partial charge < -0.3 is 5.11 Å². The van der Waals surface area contributed by atoms with Crippen LogP contribution < -0.4 is 0 Å². The number of ketones is 1. The molecule has 1 aliphatic carbocycles. The molecule has 2 atom stereocenters. The van der Waals surface area contributed by atoms with Gasteiger partial charge in [0.1, 0.15) is 0 Å². The highest BCUT2D eigenvalue weighted by Gasteiger charge is 2.24. The topological polar surface area (TPSA) is 71.4 Å². The van der Waals surface area contributed by atoms with Gasteiger partial charge in [-0.15, -0.1) is 0 Å². The maximum absolute atomic E-state index is 11.3. The number of carboxylic acids is 1. The number of Topliss-reactive ketones (excluding diaryl/α,β-unsaturated/α-hetero) is 1. The minimum absolute atomic E-state index is 0.101. The Kier molecular flexibility index (Phi) is 17.1. The largest absolute Gasteiger partial charge is 0.643 e. The second-order valence-electron chi connectivity index (χ2n) is 6.46. The number of rotatable bonds is 3. The molecule has 0 radical (unpaired) electrons. The maximum Gasteiger partial charge on any atom is 0.643 e. The first kappa shape index (κ1) is 30.7. The van der Waals surface area contributed by atoms with Gasteiger partial charge in [0.2, 0.25) is 9.23 Å². The molecule has 11 heteroatoms. The Morgan fingerprint density at radius 2 is 1.55 bits per heavy atom. The van der Waals surface area contributed by atoms with E-state index in [1.165, 1.54) is 5.56 Å². The molecule has 0 aliphatic heterocycles. The minimum atomic E-state index is -1.72. The summed E-state index contributed by atoms with van der Waals surface area (Å²) < 4.78 is 9.09. The van der Waals surface area contributed by atoms with E-state index in [2.05, 4.69) is 28.3 Å². The average Bonchev–Trinajstić information content (AvgIpc) is 2.96. The van der Waals surface area contributed by atoms with Gasteiger partial charge >= 0.3 is 17.4 Å². The summed E-state index contributed by atoms with van der Waals surface area (Å²) in [6.07, 6.45) is 0.892. The van der Waals surface area contributed by atoms with Crippen LogP contribution in [0.5, 0.6) is 0 Å². The quantitative estimate of drug-likeness (QED) is 0.313. The lowest BCUT2D eigenvalue weighted by atomic mass is 9.98. The second-order valence-corrected chi connectivity index (χ2v) is 15.4. The molecule has 3 rings (SSSR count). The number of carboxylic acid groups (broad SMARTS) is 1. The SMILES string of the molecule is CC(CC(=O)O)c1ccccc1.CC1CC(=O)c2ccccc21.O=S(Cl)Cl.[Cl][Al]([Cl])[Cl]. The summed E-state index contributed by atoms with van der Waals surface area (Å²) in [7, 11) is 22.2. The molecular formula is C20H22AlCl5O4S. The fourth-order valence-corrected chi connectivity index (χ4v) is 2.84. The van der Waals surface area contributed by atoms with E-state index in [4.69, 9.17) is 39.5 Å². The molecule has 0 saturated carbocycles. The molecule has 0 heterocycles.